The average Bonchev–Trinajstić information content (AvgIpc) is 2.32. The largest absolute Gasteiger partial charge is 0.322 e. The Morgan fingerprint density at radius 3 is 2.78 bits per heavy atom. The van der Waals surface area contributed by atoms with Crippen molar-refractivity contribution >= 4 is 34.8 Å². The number of nitrogens with zero attached hydrogens (tertiary/aromatic N) is 1. The summed E-state index contributed by atoms with van der Waals surface area (Å²) in [6.45, 7) is 0. The molecule has 0 saturated heterocycles. The lowest BCUT2D eigenvalue weighted by Gasteiger charge is -2.06. The number of pyridine rings is 1. The first-order chi connectivity index (χ1) is 8.56. The van der Waals surface area contributed by atoms with Crippen molar-refractivity contribution in [1.29, 1.82) is 0 Å². The van der Waals surface area contributed by atoms with Gasteiger partial charge in [-0.05, 0) is 24.3 Å². The number of hydrogen-bond donors (Lipinski definition) is 1. The van der Waals surface area contributed by atoms with Gasteiger partial charge in [0, 0.05) is 11.9 Å². The van der Waals surface area contributed by atoms with Crippen molar-refractivity contribution in [2.75, 3.05) is 5.32 Å². The third kappa shape index (κ3) is 2.97. The van der Waals surface area contributed by atoms with Crippen LogP contribution >= 0.6 is 23.2 Å². The summed E-state index contributed by atoms with van der Waals surface area (Å²) in [5.74, 6) is -0.915. The monoisotopic (exact) mass is 284 g/mol. The number of benzene rings is 1. The van der Waals surface area contributed by atoms with Gasteiger partial charge in [-0.15, -0.1) is 0 Å². The Hall–Kier alpha value is -1.65. The van der Waals surface area contributed by atoms with Crippen LogP contribution in [0.4, 0.5) is 10.1 Å². The van der Waals surface area contributed by atoms with Crippen molar-refractivity contribution in [1.82, 2.24) is 4.98 Å². The number of anilines is 1. The van der Waals surface area contributed by atoms with E-state index in [1.807, 2.05) is 0 Å². The average molecular weight is 285 g/mol. The quantitative estimate of drug-likeness (QED) is 0.853. The SMILES string of the molecule is O=C(Nc1cccc(F)c1)c1cc(Cl)ncc1Cl. The van der Waals surface area contributed by atoms with Crippen LogP contribution in [0.3, 0.4) is 0 Å². The van der Waals surface area contributed by atoms with Crippen LogP contribution < -0.4 is 5.32 Å². The Kier molecular flexibility index (Phi) is 3.79. The van der Waals surface area contributed by atoms with Gasteiger partial charge in [0.25, 0.3) is 5.91 Å². The number of nitrogens with one attached hydrogen (secondary N) is 1. The van der Waals surface area contributed by atoms with Gasteiger partial charge in [-0.3, -0.25) is 4.79 Å². The van der Waals surface area contributed by atoms with E-state index in [1.165, 1.54) is 30.5 Å². The lowest BCUT2D eigenvalue weighted by molar-refractivity contribution is 0.102. The molecule has 0 aliphatic carbocycles. The molecule has 2 aromatic rings. The third-order valence-corrected chi connectivity index (χ3v) is 2.66. The van der Waals surface area contributed by atoms with Crippen LogP contribution in [0.15, 0.2) is 36.5 Å². The molecule has 1 heterocycles. The highest BCUT2D eigenvalue weighted by Gasteiger charge is 2.12. The molecule has 1 N–H and O–H groups in total. The van der Waals surface area contributed by atoms with Crippen molar-refractivity contribution in [2.45, 2.75) is 0 Å². The van der Waals surface area contributed by atoms with E-state index in [0.29, 0.717) is 5.69 Å². The number of hydrogen-bond acceptors (Lipinski definition) is 2. The zero-order chi connectivity index (χ0) is 13.1. The fraction of sp³-hybridized carbons (Fsp3) is 0. The molecule has 0 bridgehead atoms. The van der Waals surface area contributed by atoms with Gasteiger partial charge in [-0.25, -0.2) is 9.37 Å². The molecule has 0 radical (unpaired) electrons. The predicted molar refractivity (Wildman–Crippen MR) is 68.6 cm³/mol. The van der Waals surface area contributed by atoms with Gasteiger partial charge < -0.3 is 5.32 Å². The van der Waals surface area contributed by atoms with Gasteiger partial charge in [-0.1, -0.05) is 29.3 Å². The summed E-state index contributed by atoms with van der Waals surface area (Å²) in [4.78, 5) is 15.6. The second-order valence-corrected chi connectivity index (χ2v) is 4.25. The molecule has 2 rings (SSSR count). The zero-order valence-electron chi connectivity index (χ0n) is 8.95. The zero-order valence-corrected chi connectivity index (χ0v) is 10.5. The normalized spacial score (nSPS) is 10.2. The third-order valence-electron chi connectivity index (χ3n) is 2.15. The second kappa shape index (κ2) is 5.33. The topological polar surface area (TPSA) is 42.0 Å². The van der Waals surface area contributed by atoms with Crippen molar-refractivity contribution in [3.05, 3.63) is 58.1 Å². The summed E-state index contributed by atoms with van der Waals surface area (Å²) >= 11 is 11.5. The summed E-state index contributed by atoms with van der Waals surface area (Å²) in [7, 11) is 0. The van der Waals surface area contributed by atoms with Crippen molar-refractivity contribution in [2.24, 2.45) is 0 Å². The van der Waals surface area contributed by atoms with Gasteiger partial charge >= 0.3 is 0 Å². The van der Waals surface area contributed by atoms with Gasteiger partial charge in [0.1, 0.15) is 11.0 Å². The molecule has 0 atom stereocenters. The summed E-state index contributed by atoms with van der Waals surface area (Å²) in [5, 5.41) is 2.85. The van der Waals surface area contributed by atoms with Gasteiger partial charge in [0.15, 0.2) is 0 Å². The molecule has 0 spiro atoms. The van der Waals surface area contributed by atoms with Crippen LogP contribution in [-0.2, 0) is 0 Å². The Morgan fingerprint density at radius 1 is 1.28 bits per heavy atom. The summed E-state index contributed by atoms with van der Waals surface area (Å²) in [5.41, 5.74) is 0.518. The molecule has 0 unspecified atom stereocenters. The molecule has 1 aromatic carbocycles. The lowest BCUT2D eigenvalue weighted by atomic mass is 10.2. The number of aromatic nitrogens is 1. The van der Waals surface area contributed by atoms with E-state index in [0.717, 1.165) is 0 Å². The van der Waals surface area contributed by atoms with Crippen LogP contribution in [-0.4, -0.2) is 10.9 Å². The summed E-state index contributed by atoms with van der Waals surface area (Å²) in [6, 6.07) is 6.89. The highest BCUT2D eigenvalue weighted by Crippen LogP contribution is 2.20. The Labute approximate surface area is 113 Å². The molecule has 0 aliphatic heterocycles. The lowest BCUT2D eigenvalue weighted by Crippen LogP contribution is -2.12. The molecule has 6 heteroatoms. The number of carbonyl (C=O) groups excluding carboxylic acids is 1. The number of rotatable bonds is 2. The van der Waals surface area contributed by atoms with Gasteiger partial charge in [0.2, 0.25) is 0 Å². The summed E-state index contributed by atoms with van der Waals surface area (Å²) in [6.07, 6.45) is 1.28. The van der Waals surface area contributed by atoms with Gasteiger partial charge in [0.05, 0.1) is 10.6 Å². The fourth-order valence-corrected chi connectivity index (χ4v) is 1.70. The molecule has 1 aromatic heterocycles. The van der Waals surface area contributed by atoms with Crippen LogP contribution in [0, 0.1) is 5.82 Å². The number of carbonyl (C=O) groups is 1. The van der Waals surface area contributed by atoms with Crippen LogP contribution in [0.25, 0.3) is 0 Å². The first-order valence-corrected chi connectivity index (χ1v) is 5.70. The van der Waals surface area contributed by atoms with Crippen LogP contribution in [0.5, 0.6) is 0 Å². The minimum absolute atomic E-state index is 0.156. The molecule has 0 fully saturated rings. The standard InChI is InChI=1S/C12H7Cl2FN2O/c13-10-6-16-11(14)5-9(10)12(18)17-8-3-1-2-7(15)4-8/h1-6H,(H,17,18). The van der Waals surface area contributed by atoms with Crippen LogP contribution in [0.1, 0.15) is 10.4 Å². The Bertz CT molecular complexity index is 604. The highest BCUT2D eigenvalue weighted by molar-refractivity contribution is 6.35. The maximum absolute atomic E-state index is 13.0. The van der Waals surface area contributed by atoms with Gasteiger partial charge in [-0.2, -0.15) is 0 Å². The molecular weight excluding hydrogens is 278 g/mol. The minimum Gasteiger partial charge on any atom is -0.322 e. The predicted octanol–water partition coefficient (Wildman–Crippen LogP) is 3.78. The van der Waals surface area contributed by atoms with E-state index in [4.69, 9.17) is 23.2 Å². The van der Waals surface area contributed by atoms with Crippen LogP contribution in [0.2, 0.25) is 10.2 Å². The van der Waals surface area contributed by atoms with E-state index < -0.39 is 11.7 Å². The molecule has 0 aliphatic rings. The Balaban J connectivity index is 2.24. The fourth-order valence-electron chi connectivity index (χ4n) is 1.35. The molecule has 92 valence electrons. The first kappa shape index (κ1) is 12.8. The highest BCUT2D eigenvalue weighted by atomic mass is 35.5. The minimum atomic E-state index is -0.477. The molecule has 18 heavy (non-hydrogen) atoms. The number of amides is 1. The van der Waals surface area contributed by atoms with Crippen molar-refractivity contribution in [3.63, 3.8) is 0 Å². The van der Waals surface area contributed by atoms with E-state index in [-0.39, 0.29) is 15.7 Å². The van der Waals surface area contributed by atoms with E-state index >= 15 is 0 Å². The molecule has 1 amide bonds. The molecule has 3 nitrogen and oxygen atoms in total. The Morgan fingerprint density at radius 2 is 2.06 bits per heavy atom. The van der Waals surface area contributed by atoms with Crippen molar-refractivity contribution in [3.8, 4) is 0 Å². The summed E-state index contributed by atoms with van der Waals surface area (Å²) < 4.78 is 13.0. The number of halogens is 3. The molecule has 0 saturated carbocycles. The first-order valence-electron chi connectivity index (χ1n) is 4.94. The maximum atomic E-state index is 13.0. The van der Waals surface area contributed by atoms with E-state index in [2.05, 4.69) is 10.3 Å². The molecular formula is C12H7Cl2FN2O. The van der Waals surface area contributed by atoms with E-state index in [9.17, 15) is 9.18 Å². The smallest absolute Gasteiger partial charge is 0.257 e. The van der Waals surface area contributed by atoms with Crippen molar-refractivity contribution < 1.29 is 9.18 Å². The maximum Gasteiger partial charge on any atom is 0.257 e. The van der Waals surface area contributed by atoms with E-state index in [1.54, 1.807) is 6.07 Å². The second-order valence-electron chi connectivity index (χ2n) is 3.45.